The standard InChI is InChI=1S/C16H18N4O2/c1-12(13-6-8-17-9-7-13)19-20-16(21)11-18-14-4-3-5-15(10-14)22-2/h3-10,18H,11H2,1-2H3,(H,20,21)/b19-12+. The second-order valence-electron chi connectivity index (χ2n) is 4.55. The molecule has 0 aliphatic rings. The molecule has 0 radical (unpaired) electrons. The highest BCUT2D eigenvalue weighted by atomic mass is 16.5. The van der Waals surface area contributed by atoms with Crippen molar-refractivity contribution in [3.8, 4) is 5.75 Å². The van der Waals surface area contributed by atoms with Crippen molar-refractivity contribution in [2.45, 2.75) is 6.92 Å². The molecule has 0 unspecified atom stereocenters. The Bertz CT molecular complexity index is 656. The maximum absolute atomic E-state index is 11.8. The van der Waals surface area contributed by atoms with Crippen molar-refractivity contribution >= 4 is 17.3 Å². The lowest BCUT2D eigenvalue weighted by Crippen LogP contribution is -2.26. The molecule has 0 saturated carbocycles. The number of hydrogen-bond acceptors (Lipinski definition) is 5. The Balaban J connectivity index is 1.85. The molecule has 0 aliphatic heterocycles. The van der Waals surface area contributed by atoms with Crippen molar-refractivity contribution in [2.24, 2.45) is 5.10 Å². The van der Waals surface area contributed by atoms with E-state index >= 15 is 0 Å². The highest BCUT2D eigenvalue weighted by molar-refractivity contribution is 5.99. The number of aromatic nitrogens is 1. The maximum Gasteiger partial charge on any atom is 0.259 e. The maximum atomic E-state index is 11.8. The number of ether oxygens (including phenoxy) is 1. The summed E-state index contributed by atoms with van der Waals surface area (Å²) in [6.07, 6.45) is 3.36. The Hall–Kier alpha value is -2.89. The summed E-state index contributed by atoms with van der Waals surface area (Å²) >= 11 is 0. The summed E-state index contributed by atoms with van der Waals surface area (Å²) < 4.78 is 5.12. The van der Waals surface area contributed by atoms with Crippen molar-refractivity contribution in [1.29, 1.82) is 0 Å². The predicted molar refractivity (Wildman–Crippen MR) is 86.1 cm³/mol. The van der Waals surface area contributed by atoms with Crippen molar-refractivity contribution < 1.29 is 9.53 Å². The van der Waals surface area contributed by atoms with Crippen LogP contribution in [0, 0.1) is 0 Å². The minimum absolute atomic E-state index is 0.125. The van der Waals surface area contributed by atoms with E-state index in [4.69, 9.17) is 4.74 Å². The second-order valence-corrected chi connectivity index (χ2v) is 4.55. The van der Waals surface area contributed by atoms with Gasteiger partial charge in [0.25, 0.3) is 5.91 Å². The number of amides is 1. The molecule has 6 nitrogen and oxygen atoms in total. The van der Waals surface area contributed by atoms with Gasteiger partial charge < -0.3 is 10.1 Å². The number of hydrazone groups is 1. The number of hydrogen-bond donors (Lipinski definition) is 2. The van der Waals surface area contributed by atoms with E-state index in [1.54, 1.807) is 19.5 Å². The lowest BCUT2D eigenvalue weighted by atomic mass is 10.2. The molecule has 1 aromatic carbocycles. The number of pyridine rings is 1. The van der Waals surface area contributed by atoms with Crippen molar-refractivity contribution in [3.05, 3.63) is 54.4 Å². The zero-order valence-electron chi connectivity index (χ0n) is 12.5. The van der Waals surface area contributed by atoms with Crippen LogP contribution >= 0.6 is 0 Å². The van der Waals surface area contributed by atoms with Crippen molar-refractivity contribution in [3.63, 3.8) is 0 Å². The van der Waals surface area contributed by atoms with Crippen LogP contribution in [-0.4, -0.2) is 30.3 Å². The van der Waals surface area contributed by atoms with Crippen LogP contribution in [0.3, 0.4) is 0 Å². The fourth-order valence-electron chi connectivity index (χ4n) is 1.76. The molecule has 2 rings (SSSR count). The number of carbonyl (C=O) groups is 1. The molecule has 1 aromatic heterocycles. The van der Waals surface area contributed by atoms with Gasteiger partial charge in [0.05, 0.1) is 19.4 Å². The second kappa shape index (κ2) is 7.78. The molecule has 2 aromatic rings. The molecule has 114 valence electrons. The average molecular weight is 298 g/mol. The third-order valence-electron chi connectivity index (χ3n) is 2.97. The van der Waals surface area contributed by atoms with Gasteiger partial charge in [-0.05, 0) is 31.2 Å². The predicted octanol–water partition coefficient (Wildman–Crippen LogP) is 2.04. The Morgan fingerprint density at radius 1 is 1.27 bits per heavy atom. The van der Waals surface area contributed by atoms with Gasteiger partial charge in [-0.1, -0.05) is 6.07 Å². The number of carbonyl (C=O) groups excluding carboxylic acids is 1. The van der Waals surface area contributed by atoms with Crippen LogP contribution < -0.4 is 15.5 Å². The molecule has 0 fully saturated rings. The molecule has 6 heteroatoms. The smallest absolute Gasteiger partial charge is 0.259 e. The number of benzene rings is 1. The summed E-state index contributed by atoms with van der Waals surface area (Å²) in [6.45, 7) is 1.95. The zero-order chi connectivity index (χ0) is 15.8. The first-order valence-electron chi connectivity index (χ1n) is 6.80. The van der Waals surface area contributed by atoms with E-state index in [1.165, 1.54) is 0 Å². The van der Waals surface area contributed by atoms with E-state index in [0.717, 1.165) is 22.7 Å². The van der Waals surface area contributed by atoms with E-state index in [0.29, 0.717) is 0 Å². The molecular weight excluding hydrogens is 280 g/mol. The van der Waals surface area contributed by atoms with E-state index in [-0.39, 0.29) is 12.5 Å². The summed E-state index contributed by atoms with van der Waals surface area (Å²) in [5, 5.41) is 7.08. The van der Waals surface area contributed by atoms with E-state index in [2.05, 4.69) is 20.8 Å². The minimum atomic E-state index is -0.226. The first-order chi connectivity index (χ1) is 10.7. The number of anilines is 1. The zero-order valence-corrected chi connectivity index (χ0v) is 12.5. The minimum Gasteiger partial charge on any atom is -0.497 e. The molecule has 1 heterocycles. The van der Waals surface area contributed by atoms with Crippen LogP contribution in [0.4, 0.5) is 5.69 Å². The fraction of sp³-hybridized carbons (Fsp3) is 0.188. The molecule has 22 heavy (non-hydrogen) atoms. The van der Waals surface area contributed by atoms with Crippen molar-refractivity contribution in [1.82, 2.24) is 10.4 Å². The van der Waals surface area contributed by atoms with Crippen LogP contribution in [0.2, 0.25) is 0 Å². The van der Waals surface area contributed by atoms with E-state index < -0.39 is 0 Å². The van der Waals surface area contributed by atoms with Crippen LogP contribution in [0.5, 0.6) is 5.75 Å². The summed E-state index contributed by atoms with van der Waals surface area (Å²) in [6, 6.07) is 11.0. The van der Waals surface area contributed by atoms with Gasteiger partial charge >= 0.3 is 0 Å². The molecule has 1 amide bonds. The van der Waals surface area contributed by atoms with Crippen LogP contribution in [-0.2, 0) is 4.79 Å². The highest BCUT2D eigenvalue weighted by Crippen LogP contribution is 2.16. The van der Waals surface area contributed by atoms with Gasteiger partial charge in [-0.15, -0.1) is 0 Å². The van der Waals surface area contributed by atoms with Crippen molar-refractivity contribution in [2.75, 3.05) is 19.0 Å². The molecular formula is C16H18N4O2. The molecule has 0 atom stereocenters. The van der Waals surface area contributed by atoms with Gasteiger partial charge in [0.2, 0.25) is 0 Å². The molecule has 0 bridgehead atoms. The Labute approximate surface area is 129 Å². The fourth-order valence-corrected chi connectivity index (χ4v) is 1.76. The Morgan fingerprint density at radius 2 is 2.05 bits per heavy atom. The molecule has 2 N–H and O–H groups in total. The van der Waals surface area contributed by atoms with Crippen LogP contribution in [0.1, 0.15) is 12.5 Å². The summed E-state index contributed by atoms with van der Waals surface area (Å²) in [5.41, 5.74) is 4.96. The largest absolute Gasteiger partial charge is 0.497 e. The number of nitrogens with one attached hydrogen (secondary N) is 2. The third-order valence-corrected chi connectivity index (χ3v) is 2.97. The van der Waals surface area contributed by atoms with Gasteiger partial charge in [0.1, 0.15) is 5.75 Å². The van der Waals surface area contributed by atoms with E-state index in [1.807, 2.05) is 43.3 Å². The van der Waals surface area contributed by atoms with Gasteiger partial charge in [-0.3, -0.25) is 9.78 Å². The summed E-state index contributed by atoms with van der Waals surface area (Å²) in [4.78, 5) is 15.7. The highest BCUT2D eigenvalue weighted by Gasteiger charge is 2.02. The van der Waals surface area contributed by atoms with Gasteiger partial charge in [-0.25, -0.2) is 5.43 Å². The van der Waals surface area contributed by atoms with E-state index in [9.17, 15) is 4.79 Å². The summed E-state index contributed by atoms with van der Waals surface area (Å²) in [5.74, 6) is 0.508. The molecule has 0 saturated heterocycles. The lowest BCUT2D eigenvalue weighted by Gasteiger charge is -2.07. The lowest BCUT2D eigenvalue weighted by molar-refractivity contribution is -0.119. The molecule has 0 spiro atoms. The SMILES string of the molecule is COc1cccc(NCC(=O)N/N=C(\C)c2ccncc2)c1. The Morgan fingerprint density at radius 3 is 2.77 bits per heavy atom. The molecule has 0 aliphatic carbocycles. The first kappa shape index (κ1) is 15.5. The topological polar surface area (TPSA) is 75.6 Å². The number of rotatable bonds is 6. The quantitative estimate of drug-likeness (QED) is 0.632. The van der Waals surface area contributed by atoms with Crippen LogP contribution in [0.15, 0.2) is 53.9 Å². The monoisotopic (exact) mass is 298 g/mol. The van der Waals surface area contributed by atoms with Crippen LogP contribution in [0.25, 0.3) is 0 Å². The third kappa shape index (κ3) is 4.59. The number of methoxy groups -OCH3 is 1. The average Bonchev–Trinajstić information content (AvgIpc) is 2.58. The Kier molecular flexibility index (Phi) is 5.48. The normalized spacial score (nSPS) is 10.9. The van der Waals surface area contributed by atoms with Gasteiger partial charge in [0.15, 0.2) is 0 Å². The van der Waals surface area contributed by atoms with Gasteiger partial charge in [-0.2, -0.15) is 5.10 Å². The first-order valence-corrected chi connectivity index (χ1v) is 6.80. The summed E-state index contributed by atoms with van der Waals surface area (Å²) in [7, 11) is 1.60. The van der Waals surface area contributed by atoms with Gasteiger partial charge in [0, 0.05) is 29.7 Å². The number of nitrogens with zero attached hydrogens (tertiary/aromatic N) is 2.